The van der Waals surface area contributed by atoms with Gasteiger partial charge in [0.1, 0.15) is 0 Å². The average Bonchev–Trinajstić information content (AvgIpc) is 3.73. The summed E-state index contributed by atoms with van der Waals surface area (Å²) >= 11 is 0. The first-order chi connectivity index (χ1) is 26.6. The normalized spacial score (nSPS) is 11.8. The fourth-order valence-corrected chi connectivity index (χ4v) is 8.41. The van der Waals surface area contributed by atoms with Crippen molar-refractivity contribution in [1.82, 2.24) is 9.13 Å². The molecule has 0 spiro atoms. The summed E-state index contributed by atoms with van der Waals surface area (Å²) in [7, 11) is 0. The molecule has 0 fully saturated rings. The van der Waals surface area contributed by atoms with E-state index in [1.165, 1.54) is 88.2 Å². The summed E-state index contributed by atoms with van der Waals surface area (Å²) in [5.74, 6) is 0.641. The summed E-state index contributed by atoms with van der Waals surface area (Å²) in [6.07, 6.45) is 1.10. The molecule has 0 amide bonds. The van der Waals surface area contributed by atoms with E-state index < -0.39 is 0 Å². The fourth-order valence-electron chi connectivity index (χ4n) is 8.41. The highest BCUT2D eigenvalue weighted by Gasteiger charge is 2.17. The monoisotopic (exact) mass is 692 g/mol. The van der Waals surface area contributed by atoms with E-state index in [9.17, 15) is 0 Å². The maximum atomic E-state index is 2.41. The van der Waals surface area contributed by atoms with Crippen molar-refractivity contribution in [2.45, 2.75) is 20.3 Å². The third-order valence-electron chi connectivity index (χ3n) is 10.9. The van der Waals surface area contributed by atoms with Crippen molar-refractivity contribution >= 4 is 43.6 Å². The van der Waals surface area contributed by atoms with Crippen LogP contribution < -0.4 is 0 Å². The number of fused-ring (bicyclic) bond motifs is 6. The lowest BCUT2D eigenvalue weighted by Crippen LogP contribution is -1.94. The van der Waals surface area contributed by atoms with Gasteiger partial charge in [0.2, 0.25) is 0 Å². The average molecular weight is 693 g/mol. The molecule has 10 rings (SSSR count). The van der Waals surface area contributed by atoms with Gasteiger partial charge in [0.25, 0.3) is 0 Å². The summed E-state index contributed by atoms with van der Waals surface area (Å²) in [6.45, 7) is 4.56. The molecular weight excluding hydrogens is 653 g/mol. The molecule has 54 heavy (non-hydrogen) atoms. The van der Waals surface area contributed by atoms with Crippen molar-refractivity contribution in [3.63, 3.8) is 0 Å². The molecule has 0 aliphatic carbocycles. The van der Waals surface area contributed by atoms with Crippen LogP contribution in [0.25, 0.3) is 88.4 Å². The zero-order chi connectivity index (χ0) is 36.2. The van der Waals surface area contributed by atoms with Crippen molar-refractivity contribution in [2.24, 2.45) is 5.92 Å². The number of hydrogen-bond donors (Lipinski definition) is 0. The molecule has 0 N–H and O–H groups in total. The van der Waals surface area contributed by atoms with Crippen molar-refractivity contribution < 1.29 is 0 Å². The van der Waals surface area contributed by atoms with Gasteiger partial charge in [-0.15, -0.1) is 0 Å². The molecule has 0 bridgehead atoms. The summed E-state index contributed by atoms with van der Waals surface area (Å²) in [5.41, 5.74) is 15.9. The third kappa shape index (κ3) is 5.50. The van der Waals surface area contributed by atoms with Crippen molar-refractivity contribution in [3.05, 3.63) is 194 Å². The second-order valence-corrected chi connectivity index (χ2v) is 14.9. The van der Waals surface area contributed by atoms with Crippen LogP contribution in [0.2, 0.25) is 0 Å². The lowest BCUT2D eigenvalue weighted by molar-refractivity contribution is 0.647. The lowest BCUT2D eigenvalue weighted by Gasteiger charge is -2.10. The maximum absolute atomic E-state index is 2.41. The van der Waals surface area contributed by atoms with E-state index in [-0.39, 0.29) is 0 Å². The zero-order valence-corrected chi connectivity index (χ0v) is 30.6. The van der Waals surface area contributed by atoms with Crippen LogP contribution in [0.15, 0.2) is 188 Å². The topological polar surface area (TPSA) is 9.86 Å². The molecule has 0 unspecified atom stereocenters. The van der Waals surface area contributed by atoms with Gasteiger partial charge < -0.3 is 9.13 Å². The number of benzene rings is 8. The minimum Gasteiger partial charge on any atom is -0.309 e. The van der Waals surface area contributed by atoms with Crippen LogP contribution in [0.3, 0.4) is 0 Å². The van der Waals surface area contributed by atoms with Gasteiger partial charge in [-0.1, -0.05) is 135 Å². The molecule has 2 heteroatoms. The highest BCUT2D eigenvalue weighted by Crippen LogP contribution is 2.39. The Morgan fingerprint density at radius 2 is 0.722 bits per heavy atom. The van der Waals surface area contributed by atoms with E-state index in [1.54, 1.807) is 0 Å². The quantitative estimate of drug-likeness (QED) is 0.157. The van der Waals surface area contributed by atoms with Crippen LogP contribution in [0.5, 0.6) is 0 Å². The Balaban J connectivity index is 1.11. The Labute approximate surface area is 316 Å². The van der Waals surface area contributed by atoms with Crippen molar-refractivity contribution in [3.8, 4) is 44.8 Å². The number of hydrogen-bond acceptors (Lipinski definition) is 0. The number of para-hydroxylation sites is 2. The van der Waals surface area contributed by atoms with Gasteiger partial charge in [0.05, 0.1) is 22.1 Å². The molecule has 0 atom stereocenters. The van der Waals surface area contributed by atoms with Crippen LogP contribution in [0, 0.1) is 5.92 Å². The Morgan fingerprint density at radius 3 is 1.30 bits per heavy atom. The van der Waals surface area contributed by atoms with Gasteiger partial charge in [-0.2, -0.15) is 0 Å². The van der Waals surface area contributed by atoms with Gasteiger partial charge >= 0.3 is 0 Å². The van der Waals surface area contributed by atoms with Crippen molar-refractivity contribution in [1.29, 1.82) is 0 Å². The summed E-state index contributed by atoms with van der Waals surface area (Å²) in [5, 5.41) is 5.03. The Hall–Kier alpha value is -6.64. The third-order valence-corrected chi connectivity index (χ3v) is 10.9. The molecule has 0 radical (unpaired) electrons. The number of nitrogens with zero attached hydrogens (tertiary/aromatic N) is 2. The molecule has 0 aliphatic heterocycles. The molecule has 0 aliphatic rings. The number of rotatable bonds is 7. The van der Waals surface area contributed by atoms with Gasteiger partial charge in [-0.3, -0.25) is 0 Å². The first-order valence-corrected chi connectivity index (χ1v) is 19.0. The Kier molecular flexibility index (Phi) is 7.77. The predicted octanol–water partition coefficient (Wildman–Crippen LogP) is 14.1. The Morgan fingerprint density at radius 1 is 0.333 bits per heavy atom. The van der Waals surface area contributed by atoms with Gasteiger partial charge in [0, 0.05) is 32.9 Å². The van der Waals surface area contributed by atoms with E-state index in [2.05, 4.69) is 211 Å². The molecule has 2 heterocycles. The first-order valence-electron chi connectivity index (χ1n) is 19.0. The van der Waals surface area contributed by atoms with E-state index in [0.717, 1.165) is 12.1 Å². The van der Waals surface area contributed by atoms with Gasteiger partial charge in [-0.05, 0) is 118 Å². The fraction of sp³-hybridized carbons (Fsp3) is 0.0769. The van der Waals surface area contributed by atoms with E-state index in [0.29, 0.717) is 5.92 Å². The zero-order valence-electron chi connectivity index (χ0n) is 30.6. The first kappa shape index (κ1) is 32.0. The SMILES string of the molecule is CC(C)Cc1ccc(-c2ccc3c(c2)c2cc(-c4ccc5c(c4)c4ccccc4n5-c4ccc(-c5ccccc5)cc4)ccc2n3-c2ccccc2)cc1. The van der Waals surface area contributed by atoms with Crippen molar-refractivity contribution in [2.75, 3.05) is 0 Å². The van der Waals surface area contributed by atoms with Crippen LogP contribution in [0.4, 0.5) is 0 Å². The van der Waals surface area contributed by atoms with Crippen LogP contribution >= 0.6 is 0 Å². The Bertz CT molecular complexity index is 2950. The highest BCUT2D eigenvalue weighted by molar-refractivity contribution is 6.13. The summed E-state index contributed by atoms with van der Waals surface area (Å²) in [6, 6.07) is 69.1. The minimum atomic E-state index is 0.641. The molecule has 0 saturated carbocycles. The second-order valence-electron chi connectivity index (χ2n) is 14.9. The molecule has 10 aromatic rings. The predicted molar refractivity (Wildman–Crippen MR) is 230 cm³/mol. The molecular formula is C52H40N2. The number of aromatic nitrogens is 2. The standard InChI is InChI=1S/C52H40N2/c1-35(2)31-36-17-19-39(20-18-36)40-23-28-51-47(32-40)48-34-42(25-30-52(48)53(51)43-13-7-4-8-14-43)41-24-29-50-46(33-41)45-15-9-10-16-49(45)54(50)44-26-21-38(22-27-44)37-11-5-3-6-12-37/h3-30,32-35H,31H2,1-2H3. The largest absolute Gasteiger partial charge is 0.309 e. The van der Waals surface area contributed by atoms with E-state index in [1.807, 2.05) is 0 Å². The minimum absolute atomic E-state index is 0.641. The molecule has 0 saturated heterocycles. The smallest absolute Gasteiger partial charge is 0.0541 e. The van der Waals surface area contributed by atoms with Crippen LogP contribution in [0.1, 0.15) is 19.4 Å². The lowest BCUT2D eigenvalue weighted by atomic mass is 9.97. The molecule has 258 valence electrons. The maximum Gasteiger partial charge on any atom is 0.0541 e. The molecule has 8 aromatic carbocycles. The second kappa shape index (κ2) is 13.1. The van der Waals surface area contributed by atoms with E-state index >= 15 is 0 Å². The van der Waals surface area contributed by atoms with Crippen LogP contribution in [-0.2, 0) is 6.42 Å². The summed E-state index contributed by atoms with van der Waals surface area (Å²) < 4.78 is 4.81. The molecule has 2 nitrogen and oxygen atoms in total. The van der Waals surface area contributed by atoms with Gasteiger partial charge in [0.15, 0.2) is 0 Å². The van der Waals surface area contributed by atoms with Crippen LogP contribution in [-0.4, -0.2) is 9.13 Å². The van der Waals surface area contributed by atoms with E-state index in [4.69, 9.17) is 0 Å². The van der Waals surface area contributed by atoms with Gasteiger partial charge in [-0.25, -0.2) is 0 Å². The molecule has 2 aromatic heterocycles. The summed E-state index contributed by atoms with van der Waals surface area (Å²) in [4.78, 5) is 0. The highest BCUT2D eigenvalue weighted by atomic mass is 15.0.